The third-order valence-corrected chi connectivity index (χ3v) is 11.7. The van der Waals surface area contributed by atoms with Gasteiger partial charge < -0.3 is 9.47 Å². The first-order valence-electron chi connectivity index (χ1n) is 18.2. The predicted octanol–water partition coefficient (Wildman–Crippen LogP) is 12.8. The van der Waals surface area contributed by atoms with Crippen LogP contribution < -0.4 is 20.1 Å². The van der Waals surface area contributed by atoms with Gasteiger partial charge in [0.1, 0.15) is 22.2 Å². The molecule has 0 bridgehead atoms. The molecule has 0 saturated carbocycles. The van der Waals surface area contributed by atoms with E-state index in [0.29, 0.717) is 17.2 Å². The van der Waals surface area contributed by atoms with Crippen LogP contribution in [0.1, 0.15) is 133 Å². The topological polar surface area (TPSA) is 18.5 Å². The van der Waals surface area contributed by atoms with E-state index in [2.05, 4.69) is 196 Å². The summed E-state index contributed by atoms with van der Waals surface area (Å²) in [6, 6.07) is 31.5. The highest BCUT2D eigenvalue weighted by atomic mass is 31.1. The molecule has 0 heterocycles. The Bertz CT molecular complexity index is 1620. The van der Waals surface area contributed by atoms with Crippen LogP contribution in [-0.2, 0) is 21.7 Å². The van der Waals surface area contributed by atoms with Crippen molar-refractivity contribution in [2.24, 2.45) is 0 Å². The first-order valence-corrected chi connectivity index (χ1v) is 20.2. The molecular formula is C46H64O2P2. The zero-order valence-corrected chi connectivity index (χ0v) is 35.9. The Morgan fingerprint density at radius 2 is 0.660 bits per heavy atom. The highest BCUT2D eigenvalue weighted by Gasteiger charge is 2.29. The van der Waals surface area contributed by atoms with Gasteiger partial charge in [-0.25, -0.2) is 0 Å². The van der Waals surface area contributed by atoms with Gasteiger partial charge in [-0.3, -0.25) is 0 Å². The molecule has 0 N–H and O–H groups in total. The fourth-order valence-corrected chi connectivity index (χ4v) is 8.51. The van der Waals surface area contributed by atoms with E-state index in [9.17, 15) is 0 Å². The summed E-state index contributed by atoms with van der Waals surface area (Å²) in [5.41, 5.74) is 7.84. The van der Waals surface area contributed by atoms with Crippen LogP contribution >= 0.6 is 17.2 Å². The van der Waals surface area contributed by atoms with Gasteiger partial charge in [-0.2, -0.15) is 0 Å². The van der Waals surface area contributed by atoms with E-state index < -0.39 is 0 Å². The fraction of sp³-hybridized carbons (Fsp3) is 0.478. The maximum absolute atomic E-state index is 6.78. The Hall–Kier alpha value is -2.66. The van der Waals surface area contributed by atoms with Gasteiger partial charge in [-0.05, 0) is 123 Å². The van der Waals surface area contributed by atoms with Crippen LogP contribution in [-0.4, -0.2) is 10.7 Å². The predicted molar refractivity (Wildman–Crippen MR) is 225 cm³/mol. The standard InChI is InChI=1S/C46H64O2P2/c1-41(2,3)33-21-27-39(37(29-33)43(7,8)9)47-45(13,14)49-35-23-17-31(18-24-35)32-19-25-36(26-20-32)50-46(15,16)48-40-28-22-34(42(4,5)6)30-38(40)44(10,11)12/h17-30,49-50H,1-16H3. The van der Waals surface area contributed by atoms with Crippen molar-refractivity contribution < 1.29 is 9.47 Å². The number of ether oxygens (including phenoxy) is 2. The molecule has 50 heavy (non-hydrogen) atoms. The number of benzene rings is 4. The lowest BCUT2D eigenvalue weighted by molar-refractivity contribution is 0.199. The molecule has 2 atom stereocenters. The van der Waals surface area contributed by atoms with Crippen molar-refractivity contribution in [3.63, 3.8) is 0 Å². The van der Waals surface area contributed by atoms with Crippen molar-refractivity contribution in [1.29, 1.82) is 0 Å². The van der Waals surface area contributed by atoms with E-state index in [1.54, 1.807) is 0 Å². The summed E-state index contributed by atoms with van der Waals surface area (Å²) < 4.78 is 13.6. The van der Waals surface area contributed by atoms with Crippen molar-refractivity contribution in [3.8, 4) is 22.6 Å². The molecule has 270 valence electrons. The SMILES string of the molecule is CC(C)(Oc1ccc(C(C)(C)C)cc1C(C)(C)C)Pc1ccc(-c2ccc(PC(C)(C)Oc3ccc(C(C)(C)C)cc3C(C)(C)C)cc2)cc1. The zero-order valence-electron chi connectivity index (χ0n) is 33.9. The molecule has 0 fully saturated rings. The van der Waals surface area contributed by atoms with E-state index in [-0.39, 0.29) is 32.3 Å². The largest absolute Gasteiger partial charge is 0.483 e. The highest BCUT2D eigenvalue weighted by Crippen LogP contribution is 2.42. The molecule has 0 saturated heterocycles. The minimum absolute atomic E-state index is 0.00951. The van der Waals surface area contributed by atoms with E-state index in [1.807, 2.05) is 0 Å². The zero-order chi connectivity index (χ0) is 37.5. The molecule has 4 rings (SSSR count). The van der Waals surface area contributed by atoms with Gasteiger partial charge >= 0.3 is 0 Å². The number of hydrogen-bond acceptors (Lipinski definition) is 2. The van der Waals surface area contributed by atoms with Gasteiger partial charge in [0.25, 0.3) is 0 Å². The van der Waals surface area contributed by atoms with E-state index >= 15 is 0 Å². The average molecular weight is 711 g/mol. The highest BCUT2D eigenvalue weighted by molar-refractivity contribution is 7.49. The van der Waals surface area contributed by atoms with Crippen molar-refractivity contribution in [1.82, 2.24) is 0 Å². The summed E-state index contributed by atoms with van der Waals surface area (Å²) in [5, 5.41) is 1.93. The molecule has 2 unspecified atom stereocenters. The number of rotatable bonds is 9. The molecule has 0 aromatic heterocycles. The third kappa shape index (κ3) is 10.7. The summed E-state index contributed by atoms with van der Waals surface area (Å²) in [6.07, 6.45) is 0. The van der Waals surface area contributed by atoms with E-state index in [1.165, 1.54) is 44.0 Å². The van der Waals surface area contributed by atoms with Crippen LogP contribution in [0.2, 0.25) is 0 Å². The van der Waals surface area contributed by atoms with Crippen molar-refractivity contribution in [2.75, 3.05) is 0 Å². The number of hydrogen-bond donors (Lipinski definition) is 0. The minimum Gasteiger partial charge on any atom is -0.483 e. The van der Waals surface area contributed by atoms with Gasteiger partial charge in [0, 0.05) is 0 Å². The van der Waals surface area contributed by atoms with Crippen LogP contribution in [0.4, 0.5) is 0 Å². The van der Waals surface area contributed by atoms with Gasteiger partial charge in [-0.15, -0.1) is 0 Å². The smallest absolute Gasteiger partial charge is 0.124 e. The molecule has 4 aromatic rings. The molecular weight excluding hydrogens is 646 g/mol. The summed E-state index contributed by atoms with van der Waals surface area (Å²) in [5.74, 6) is 1.98. The molecule has 4 aromatic carbocycles. The molecule has 0 aliphatic rings. The summed E-state index contributed by atoms with van der Waals surface area (Å²) in [7, 11) is 1.02. The maximum Gasteiger partial charge on any atom is 0.124 e. The second-order valence-corrected chi connectivity index (χ2v) is 23.1. The summed E-state index contributed by atoms with van der Waals surface area (Å²) >= 11 is 0. The maximum atomic E-state index is 6.78. The monoisotopic (exact) mass is 710 g/mol. The van der Waals surface area contributed by atoms with Gasteiger partial charge in [-0.1, -0.05) is 156 Å². The minimum atomic E-state index is -0.329. The van der Waals surface area contributed by atoms with Gasteiger partial charge in [0.05, 0.1) is 0 Å². The quantitative estimate of drug-likeness (QED) is 0.161. The van der Waals surface area contributed by atoms with Crippen molar-refractivity contribution >= 4 is 27.8 Å². The normalized spacial score (nSPS) is 13.8. The van der Waals surface area contributed by atoms with E-state index in [4.69, 9.17) is 9.47 Å². The third-order valence-electron chi connectivity index (χ3n) is 9.03. The Morgan fingerprint density at radius 1 is 0.360 bits per heavy atom. The van der Waals surface area contributed by atoms with Crippen LogP contribution in [0.15, 0.2) is 84.9 Å². The molecule has 2 nitrogen and oxygen atoms in total. The Kier molecular flexibility index (Phi) is 11.6. The van der Waals surface area contributed by atoms with Gasteiger partial charge in [0.2, 0.25) is 0 Å². The van der Waals surface area contributed by atoms with Gasteiger partial charge in [0.15, 0.2) is 0 Å². The second-order valence-electron chi connectivity index (χ2n) is 19.1. The molecule has 0 aliphatic carbocycles. The van der Waals surface area contributed by atoms with E-state index in [0.717, 1.165) is 11.5 Å². The van der Waals surface area contributed by atoms with Crippen molar-refractivity contribution in [3.05, 3.63) is 107 Å². The molecule has 4 heteroatoms. The molecule has 0 spiro atoms. The fourth-order valence-electron chi connectivity index (χ4n) is 6.13. The lowest BCUT2D eigenvalue weighted by Crippen LogP contribution is -2.27. The van der Waals surface area contributed by atoms with Crippen LogP contribution in [0.5, 0.6) is 11.5 Å². The first kappa shape index (κ1) is 40.1. The average Bonchev–Trinajstić information content (AvgIpc) is 2.95. The molecule has 0 radical (unpaired) electrons. The Morgan fingerprint density at radius 3 is 0.920 bits per heavy atom. The first-order chi connectivity index (χ1) is 22.7. The lowest BCUT2D eigenvalue weighted by Gasteiger charge is -2.32. The summed E-state index contributed by atoms with van der Waals surface area (Å²) in [4.78, 5) is 0. The van der Waals surface area contributed by atoms with Crippen LogP contribution in [0.3, 0.4) is 0 Å². The second kappa shape index (κ2) is 14.4. The molecule has 0 aliphatic heterocycles. The van der Waals surface area contributed by atoms with Crippen LogP contribution in [0, 0.1) is 0 Å². The molecule has 0 amide bonds. The summed E-state index contributed by atoms with van der Waals surface area (Å²) in [6.45, 7) is 36.1. The van der Waals surface area contributed by atoms with Crippen molar-refractivity contribution in [2.45, 2.75) is 143 Å². The lowest BCUT2D eigenvalue weighted by atomic mass is 9.80. The Balaban J connectivity index is 1.44. The Labute approximate surface area is 309 Å². The van der Waals surface area contributed by atoms with Crippen LogP contribution in [0.25, 0.3) is 11.1 Å².